The normalized spacial score (nSPS) is 25.0. The molecular weight excluding hydrogens is 457 g/mol. The van der Waals surface area contributed by atoms with Gasteiger partial charge in [0, 0.05) is 29.4 Å². The molecule has 9 heteroatoms. The summed E-state index contributed by atoms with van der Waals surface area (Å²) in [6.45, 7) is 3.39. The minimum atomic E-state index is -2.94. The maximum Gasteiger partial charge on any atom is 0.266 e. The van der Waals surface area contributed by atoms with Crippen molar-refractivity contribution >= 4 is 11.6 Å². The third kappa shape index (κ3) is 4.35. The fourth-order valence-corrected chi connectivity index (χ4v) is 5.73. The molecule has 4 fully saturated rings. The standard InChI is InChI=1S/C26H31F3N4O2/c1-15(18-4-3-5-19(23(18)27)24(28)29)30-25(35)20-14-33(26-11-16(12-26)13-26)22(34)10-21(20)31-17-6-8-32(2)9-7-17/h3-5,10,14-17,24,31H,6-9,11-13H2,1-2H3,(H,30,35). The number of hydrogen-bond acceptors (Lipinski definition) is 4. The highest BCUT2D eigenvalue weighted by Crippen LogP contribution is 2.61. The summed E-state index contributed by atoms with van der Waals surface area (Å²) in [7, 11) is 2.06. The quantitative estimate of drug-likeness (QED) is 0.605. The molecule has 6 nitrogen and oxygen atoms in total. The summed E-state index contributed by atoms with van der Waals surface area (Å²) in [5, 5.41) is 6.16. The molecule has 1 aromatic carbocycles. The van der Waals surface area contributed by atoms with Gasteiger partial charge < -0.3 is 20.1 Å². The molecule has 1 atom stereocenters. The van der Waals surface area contributed by atoms with E-state index in [0.717, 1.165) is 51.3 Å². The molecule has 2 bridgehead atoms. The molecule has 6 rings (SSSR count). The van der Waals surface area contributed by atoms with Gasteiger partial charge in [0.2, 0.25) is 0 Å². The summed E-state index contributed by atoms with van der Waals surface area (Å²) >= 11 is 0. The van der Waals surface area contributed by atoms with Crippen molar-refractivity contribution in [3.8, 4) is 0 Å². The fourth-order valence-electron chi connectivity index (χ4n) is 5.73. The van der Waals surface area contributed by atoms with Crippen molar-refractivity contribution in [3.63, 3.8) is 0 Å². The Labute approximate surface area is 202 Å². The molecule has 0 spiro atoms. The number of anilines is 1. The van der Waals surface area contributed by atoms with E-state index in [-0.39, 0.29) is 22.7 Å². The summed E-state index contributed by atoms with van der Waals surface area (Å²) in [6, 6.07) is 4.58. The number of likely N-dealkylation sites (tertiary alicyclic amines) is 1. The average molecular weight is 489 g/mol. The second-order valence-electron chi connectivity index (χ2n) is 10.5. The maximum absolute atomic E-state index is 14.7. The first kappa shape index (κ1) is 23.9. The van der Waals surface area contributed by atoms with Crippen LogP contribution in [-0.2, 0) is 5.54 Å². The van der Waals surface area contributed by atoms with Crippen LogP contribution in [0.3, 0.4) is 0 Å². The van der Waals surface area contributed by atoms with Crippen molar-refractivity contribution in [1.82, 2.24) is 14.8 Å². The van der Waals surface area contributed by atoms with E-state index in [2.05, 4.69) is 22.6 Å². The van der Waals surface area contributed by atoms with Crippen molar-refractivity contribution in [2.45, 2.75) is 63.1 Å². The molecule has 2 N–H and O–H groups in total. The maximum atomic E-state index is 14.7. The first-order valence-corrected chi connectivity index (χ1v) is 12.3. The van der Waals surface area contributed by atoms with E-state index in [9.17, 15) is 22.8 Å². The number of halogens is 3. The molecule has 1 aliphatic heterocycles. The van der Waals surface area contributed by atoms with Gasteiger partial charge >= 0.3 is 0 Å². The van der Waals surface area contributed by atoms with Gasteiger partial charge in [-0.25, -0.2) is 13.2 Å². The number of rotatable bonds is 7. The van der Waals surface area contributed by atoms with Gasteiger partial charge in [-0.2, -0.15) is 0 Å². The van der Waals surface area contributed by atoms with E-state index in [4.69, 9.17) is 0 Å². The number of carbonyl (C=O) groups is 1. The second-order valence-corrected chi connectivity index (χ2v) is 10.5. The largest absolute Gasteiger partial charge is 0.381 e. The van der Waals surface area contributed by atoms with E-state index in [1.807, 2.05) is 0 Å². The number of piperidine rings is 1. The van der Waals surface area contributed by atoms with Crippen LogP contribution in [0.2, 0.25) is 0 Å². The number of alkyl halides is 2. The summed E-state index contributed by atoms with van der Waals surface area (Å²) in [6.07, 6.45) is 3.28. The zero-order valence-electron chi connectivity index (χ0n) is 20.0. The Morgan fingerprint density at radius 2 is 1.80 bits per heavy atom. The number of carbonyl (C=O) groups excluding carboxylic acids is 1. The lowest BCUT2D eigenvalue weighted by Crippen LogP contribution is -2.62. The van der Waals surface area contributed by atoms with Crippen LogP contribution in [-0.4, -0.2) is 41.6 Å². The zero-order valence-corrected chi connectivity index (χ0v) is 20.0. The van der Waals surface area contributed by atoms with Crippen molar-refractivity contribution in [2.24, 2.45) is 5.92 Å². The van der Waals surface area contributed by atoms with Gasteiger partial charge in [-0.15, -0.1) is 0 Å². The van der Waals surface area contributed by atoms with Gasteiger partial charge in [0.1, 0.15) is 5.82 Å². The average Bonchev–Trinajstić information content (AvgIpc) is 2.74. The number of nitrogens with zero attached hydrogens (tertiary/aromatic N) is 2. The molecule has 1 aromatic heterocycles. The predicted octanol–water partition coefficient (Wildman–Crippen LogP) is 4.43. The fraction of sp³-hybridized carbons (Fsp3) is 0.538. The molecular formula is C26H31F3N4O2. The van der Waals surface area contributed by atoms with Crippen LogP contribution in [0.25, 0.3) is 0 Å². The van der Waals surface area contributed by atoms with Crippen LogP contribution in [0, 0.1) is 11.7 Å². The lowest BCUT2D eigenvalue weighted by atomic mass is 9.49. The topological polar surface area (TPSA) is 66.4 Å². The lowest BCUT2D eigenvalue weighted by Gasteiger charge is -2.62. The van der Waals surface area contributed by atoms with Crippen molar-refractivity contribution < 1.29 is 18.0 Å². The second kappa shape index (κ2) is 9.00. The molecule has 35 heavy (non-hydrogen) atoms. The molecule has 3 aliphatic carbocycles. The Morgan fingerprint density at radius 3 is 2.40 bits per heavy atom. The number of pyridine rings is 1. The van der Waals surface area contributed by atoms with Crippen LogP contribution in [0.5, 0.6) is 0 Å². The van der Waals surface area contributed by atoms with E-state index < -0.39 is 29.8 Å². The van der Waals surface area contributed by atoms with E-state index in [0.29, 0.717) is 17.2 Å². The van der Waals surface area contributed by atoms with Crippen LogP contribution in [0.1, 0.15) is 73.0 Å². The van der Waals surface area contributed by atoms with Gasteiger partial charge in [0.25, 0.3) is 17.9 Å². The Morgan fingerprint density at radius 1 is 1.14 bits per heavy atom. The van der Waals surface area contributed by atoms with Gasteiger partial charge in [0.05, 0.1) is 22.9 Å². The highest BCUT2D eigenvalue weighted by molar-refractivity contribution is 5.99. The molecule has 1 amide bonds. The van der Waals surface area contributed by atoms with Crippen LogP contribution in [0.15, 0.2) is 35.3 Å². The Hall–Kier alpha value is -2.81. The van der Waals surface area contributed by atoms with Crippen molar-refractivity contribution in [2.75, 3.05) is 25.5 Å². The lowest BCUT2D eigenvalue weighted by molar-refractivity contribution is -0.0914. The molecule has 2 aromatic rings. The van der Waals surface area contributed by atoms with Gasteiger partial charge in [-0.05, 0) is 65.1 Å². The molecule has 4 aliphatic rings. The van der Waals surface area contributed by atoms with Crippen LogP contribution < -0.4 is 16.2 Å². The van der Waals surface area contributed by atoms with E-state index in [1.165, 1.54) is 18.2 Å². The van der Waals surface area contributed by atoms with Gasteiger partial charge in [-0.3, -0.25) is 9.59 Å². The number of amides is 1. The summed E-state index contributed by atoms with van der Waals surface area (Å²) < 4.78 is 42.7. The minimum absolute atomic E-state index is 0.00581. The smallest absolute Gasteiger partial charge is 0.266 e. The van der Waals surface area contributed by atoms with Crippen LogP contribution >= 0.6 is 0 Å². The van der Waals surface area contributed by atoms with Crippen molar-refractivity contribution in [3.05, 3.63) is 63.3 Å². The van der Waals surface area contributed by atoms with Gasteiger partial charge in [0.15, 0.2) is 0 Å². The molecule has 3 saturated carbocycles. The SMILES string of the molecule is CC(NC(=O)c1cn(C23CC(C2)C3)c(=O)cc1NC1CCN(C)CC1)c1cccc(C(F)F)c1F. The number of benzene rings is 1. The molecule has 2 heterocycles. The Bertz CT molecular complexity index is 1170. The van der Waals surface area contributed by atoms with Crippen molar-refractivity contribution in [1.29, 1.82) is 0 Å². The molecule has 1 unspecified atom stereocenters. The minimum Gasteiger partial charge on any atom is -0.381 e. The monoisotopic (exact) mass is 488 g/mol. The summed E-state index contributed by atoms with van der Waals surface area (Å²) in [4.78, 5) is 28.7. The zero-order chi connectivity index (χ0) is 24.9. The third-order valence-electron chi connectivity index (χ3n) is 8.00. The highest BCUT2D eigenvalue weighted by atomic mass is 19.3. The predicted molar refractivity (Wildman–Crippen MR) is 127 cm³/mol. The molecule has 0 radical (unpaired) electrons. The van der Waals surface area contributed by atoms with Gasteiger partial charge in [-0.1, -0.05) is 18.2 Å². The van der Waals surface area contributed by atoms with Crippen LogP contribution in [0.4, 0.5) is 18.9 Å². The third-order valence-corrected chi connectivity index (χ3v) is 8.00. The Balaban J connectivity index is 1.43. The first-order chi connectivity index (χ1) is 16.7. The molecule has 188 valence electrons. The summed E-state index contributed by atoms with van der Waals surface area (Å²) in [5.74, 6) is -0.838. The Kier molecular flexibility index (Phi) is 6.15. The van der Waals surface area contributed by atoms with E-state index >= 15 is 0 Å². The van der Waals surface area contributed by atoms with E-state index in [1.54, 1.807) is 17.7 Å². The number of nitrogens with one attached hydrogen (secondary N) is 2. The highest BCUT2D eigenvalue weighted by Gasteiger charge is 2.58. The number of aromatic nitrogens is 1. The first-order valence-electron chi connectivity index (χ1n) is 12.3. The summed E-state index contributed by atoms with van der Waals surface area (Å²) in [5.41, 5.74) is -0.269. The molecule has 1 saturated heterocycles. The number of hydrogen-bond donors (Lipinski definition) is 2.